The van der Waals surface area contributed by atoms with Crippen molar-refractivity contribution in [2.75, 3.05) is 31.4 Å². The van der Waals surface area contributed by atoms with Gasteiger partial charge in [0.25, 0.3) is 0 Å². The second-order valence-electron chi connectivity index (χ2n) is 4.69. The van der Waals surface area contributed by atoms with E-state index < -0.39 is 0 Å². The number of rotatable bonds is 6. The van der Waals surface area contributed by atoms with Gasteiger partial charge in [-0.3, -0.25) is 9.78 Å². The van der Waals surface area contributed by atoms with Crippen LogP contribution < -0.4 is 25.8 Å². The Labute approximate surface area is 162 Å². The third kappa shape index (κ3) is 6.45. The van der Waals surface area contributed by atoms with Crippen LogP contribution in [0.2, 0.25) is 0 Å². The highest BCUT2D eigenvalue weighted by molar-refractivity contribution is 14.0. The predicted octanol–water partition coefficient (Wildman–Crippen LogP) is 2.08. The summed E-state index contributed by atoms with van der Waals surface area (Å²) in [6.07, 6.45) is 3.17. The molecule has 2 rings (SSSR count). The van der Waals surface area contributed by atoms with Gasteiger partial charge in [-0.05, 0) is 24.3 Å². The number of nitrogens with two attached hydrogens (primary N) is 1. The van der Waals surface area contributed by atoms with Gasteiger partial charge in [-0.25, -0.2) is 4.99 Å². The minimum absolute atomic E-state index is 0. The molecule has 0 atom stereocenters. The molecule has 0 aliphatic carbocycles. The number of amides is 1. The van der Waals surface area contributed by atoms with Crippen LogP contribution in [0.4, 0.5) is 11.4 Å². The van der Waals surface area contributed by atoms with Crippen molar-refractivity contribution >= 4 is 47.2 Å². The van der Waals surface area contributed by atoms with E-state index >= 15 is 0 Å². The molecule has 134 valence electrons. The second kappa shape index (κ2) is 10.3. The lowest BCUT2D eigenvalue weighted by molar-refractivity contribution is -0.114. The summed E-state index contributed by atoms with van der Waals surface area (Å²) < 4.78 is 10.4. The van der Waals surface area contributed by atoms with E-state index in [-0.39, 0.29) is 42.4 Å². The fourth-order valence-electron chi connectivity index (χ4n) is 1.90. The molecule has 0 saturated heterocycles. The van der Waals surface area contributed by atoms with Crippen LogP contribution in [0.25, 0.3) is 0 Å². The fourth-order valence-corrected chi connectivity index (χ4v) is 1.90. The Balaban J connectivity index is 0.00000312. The first-order chi connectivity index (χ1) is 11.6. The summed E-state index contributed by atoms with van der Waals surface area (Å²) in [5.74, 6) is 0.989. The lowest BCUT2D eigenvalue weighted by Gasteiger charge is -2.11. The van der Waals surface area contributed by atoms with E-state index in [2.05, 4.69) is 20.6 Å². The van der Waals surface area contributed by atoms with Gasteiger partial charge in [-0.2, -0.15) is 0 Å². The van der Waals surface area contributed by atoms with Gasteiger partial charge in [-0.15, -0.1) is 24.0 Å². The van der Waals surface area contributed by atoms with Crippen molar-refractivity contribution in [3.8, 4) is 11.5 Å². The van der Waals surface area contributed by atoms with E-state index in [0.717, 1.165) is 0 Å². The third-order valence-corrected chi connectivity index (χ3v) is 2.99. The van der Waals surface area contributed by atoms with E-state index in [1.807, 2.05) is 0 Å². The van der Waals surface area contributed by atoms with Gasteiger partial charge in [0, 0.05) is 18.0 Å². The van der Waals surface area contributed by atoms with Crippen LogP contribution in [-0.2, 0) is 4.79 Å². The van der Waals surface area contributed by atoms with Crippen LogP contribution in [0.5, 0.6) is 11.5 Å². The maximum atomic E-state index is 11.8. The molecular weight excluding hydrogens is 437 g/mol. The molecule has 2 aromatic rings. The van der Waals surface area contributed by atoms with Crippen LogP contribution in [-0.4, -0.2) is 37.6 Å². The van der Waals surface area contributed by atoms with Crippen LogP contribution in [0, 0.1) is 0 Å². The summed E-state index contributed by atoms with van der Waals surface area (Å²) in [5.41, 5.74) is 7.05. The molecule has 1 amide bonds. The molecule has 0 saturated carbocycles. The molecule has 0 aliphatic rings. The van der Waals surface area contributed by atoms with E-state index in [9.17, 15) is 4.79 Å². The van der Waals surface area contributed by atoms with Crippen molar-refractivity contribution in [1.82, 2.24) is 4.98 Å². The van der Waals surface area contributed by atoms with Gasteiger partial charge < -0.3 is 25.8 Å². The maximum Gasteiger partial charge on any atom is 0.246 e. The predicted molar refractivity (Wildman–Crippen MR) is 108 cm³/mol. The average Bonchev–Trinajstić information content (AvgIpc) is 2.60. The highest BCUT2D eigenvalue weighted by Crippen LogP contribution is 2.29. The number of halogens is 1. The Hall–Kier alpha value is -2.56. The molecule has 25 heavy (non-hydrogen) atoms. The van der Waals surface area contributed by atoms with Gasteiger partial charge >= 0.3 is 0 Å². The number of carbonyl (C=O) groups is 1. The van der Waals surface area contributed by atoms with Crippen LogP contribution >= 0.6 is 24.0 Å². The van der Waals surface area contributed by atoms with Crippen LogP contribution in [0.3, 0.4) is 0 Å². The highest BCUT2D eigenvalue weighted by atomic mass is 127. The molecule has 0 unspecified atom stereocenters. The number of aromatic nitrogens is 1. The number of carbonyl (C=O) groups excluding carboxylic acids is 1. The van der Waals surface area contributed by atoms with Crippen LogP contribution in [0.1, 0.15) is 0 Å². The largest absolute Gasteiger partial charge is 0.493 e. The van der Waals surface area contributed by atoms with E-state index in [1.54, 1.807) is 56.9 Å². The Kier molecular flexibility index (Phi) is 8.47. The smallest absolute Gasteiger partial charge is 0.246 e. The van der Waals surface area contributed by atoms with Crippen molar-refractivity contribution in [3.63, 3.8) is 0 Å². The van der Waals surface area contributed by atoms with Gasteiger partial charge in [-0.1, -0.05) is 0 Å². The Morgan fingerprint density at radius 3 is 2.56 bits per heavy atom. The fraction of sp³-hybridized carbons (Fsp3) is 0.188. The third-order valence-electron chi connectivity index (χ3n) is 2.99. The van der Waals surface area contributed by atoms with Crippen molar-refractivity contribution in [3.05, 3.63) is 42.7 Å². The summed E-state index contributed by atoms with van der Waals surface area (Å²) in [4.78, 5) is 19.7. The monoisotopic (exact) mass is 457 g/mol. The zero-order chi connectivity index (χ0) is 17.4. The topological polar surface area (TPSA) is 111 Å². The molecule has 0 bridgehead atoms. The Morgan fingerprint density at radius 1 is 1.16 bits per heavy atom. The summed E-state index contributed by atoms with van der Waals surface area (Å²) in [7, 11) is 3.10. The Bertz CT molecular complexity index is 725. The molecule has 0 radical (unpaired) electrons. The molecule has 0 fully saturated rings. The lowest BCUT2D eigenvalue weighted by atomic mass is 10.3. The first kappa shape index (κ1) is 20.5. The average molecular weight is 457 g/mol. The Morgan fingerprint density at radius 2 is 1.92 bits per heavy atom. The van der Waals surface area contributed by atoms with Crippen molar-refractivity contribution in [1.29, 1.82) is 0 Å². The summed E-state index contributed by atoms with van der Waals surface area (Å²) in [5, 5.41) is 5.55. The van der Waals surface area contributed by atoms with Crippen molar-refractivity contribution in [2.24, 2.45) is 10.7 Å². The number of anilines is 2. The normalized spacial score (nSPS) is 10.4. The molecule has 1 heterocycles. The van der Waals surface area contributed by atoms with Crippen LogP contribution in [0.15, 0.2) is 47.7 Å². The maximum absolute atomic E-state index is 11.8. The molecule has 1 aromatic carbocycles. The highest BCUT2D eigenvalue weighted by Gasteiger charge is 2.06. The number of aliphatic imine (C=N–C) groups is 1. The van der Waals surface area contributed by atoms with Gasteiger partial charge in [0.15, 0.2) is 17.5 Å². The van der Waals surface area contributed by atoms with Gasteiger partial charge in [0.05, 0.1) is 26.1 Å². The number of ether oxygens (including phenoxy) is 2. The number of nitrogens with one attached hydrogen (secondary N) is 2. The molecule has 9 heteroatoms. The molecule has 4 N–H and O–H groups in total. The number of pyridine rings is 1. The first-order valence-electron chi connectivity index (χ1n) is 7.11. The molecule has 0 aliphatic heterocycles. The number of benzene rings is 1. The first-order valence-corrected chi connectivity index (χ1v) is 7.11. The number of hydrogen-bond donors (Lipinski definition) is 3. The minimum atomic E-state index is -0.292. The summed E-state index contributed by atoms with van der Waals surface area (Å²) in [6, 6.07) is 8.69. The number of methoxy groups -OCH3 is 2. The van der Waals surface area contributed by atoms with Gasteiger partial charge in [0.2, 0.25) is 5.91 Å². The van der Waals surface area contributed by atoms with Crippen molar-refractivity contribution < 1.29 is 14.3 Å². The van der Waals surface area contributed by atoms with E-state index in [0.29, 0.717) is 22.9 Å². The standard InChI is InChI=1S/C16H19N5O3.HI/c1-23-13-6-5-11(8-14(13)24-2)21-16(17)19-10-15(22)20-12-4-3-7-18-9-12;/h3-9H,10H2,1-2H3,(H,20,22)(H3,17,19,21);1H. The zero-order valence-corrected chi connectivity index (χ0v) is 16.2. The molecule has 0 spiro atoms. The number of nitrogens with zero attached hydrogens (tertiary/aromatic N) is 2. The van der Waals surface area contributed by atoms with Crippen molar-refractivity contribution in [2.45, 2.75) is 0 Å². The quantitative estimate of drug-likeness (QED) is 0.348. The summed E-state index contributed by atoms with van der Waals surface area (Å²) in [6.45, 7) is -0.110. The van der Waals surface area contributed by atoms with Gasteiger partial charge in [0.1, 0.15) is 6.54 Å². The van der Waals surface area contributed by atoms with E-state index in [4.69, 9.17) is 15.2 Å². The zero-order valence-electron chi connectivity index (χ0n) is 13.9. The molecular formula is C16H20IN5O3. The minimum Gasteiger partial charge on any atom is -0.493 e. The number of guanidine groups is 1. The van der Waals surface area contributed by atoms with E-state index in [1.165, 1.54) is 0 Å². The lowest BCUT2D eigenvalue weighted by Crippen LogP contribution is -2.25. The molecule has 1 aromatic heterocycles. The second-order valence-corrected chi connectivity index (χ2v) is 4.69. The summed E-state index contributed by atoms with van der Waals surface area (Å²) >= 11 is 0. The number of hydrogen-bond acceptors (Lipinski definition) is 5. The molecule has 8 nitrogen and oxygen atoms in total. The SMILES string of the molecule is COc1ccc(NC(N)=NCC(=O)Nc2cccnc2)cc1OC.I.